The lowest BCUT2D eigenvalue weighted by Gasteiger charge is -2.10. The van der Waals surface area contributed by atoms with Crippen LogP contribution in [0.2, 0.25) is 0 Å². The number of carbonyl (C=O) groups is 1. The number of carboxylic acids is 1. The van der Waals surface area contributed by atoms with Gasteiger partial charge >= 0.3 is 5.97 Å². The zero-order chi connectivity index (χ0) is 19.5. The van der Waals surface area contributed by atoms with Crippen molar-refractivity contribution in [1.82, 2.24) is 4.98 Å². The minimum Gasteiger partial charge on any atom is -0.489 e. The van der Waals surface area contributed by atoms with Crippen molar-refractivity contribution in [3.63, 3.8) is 0 Å². The molecule has 4 aromatic rings. The van der Waals surface area contributed by atoms with Crippen LogP contribution in [0.15, 0.2) is 79.1 Å². The highest BCUT2D eigenvalue weighted by Crippen LogP contribution is 2.25. The molecule has 0 spiro atoms. The quantitative estimate of drug-likeness (QED) is 0.505. The summed E-state index contributed by atoms with van der Waals surface area (Å²) in [4.78, 5) is 15.5. The van der Waals surface area contributed by atoms with Crippen molar-refractivity contribution in [2.24, 2.45) is 0 Å². The Hall–Kier alpha value is -3.66. The molecule has 0 aliphatic carbocycles. The van der Waals surface area contributed by atoms with Gasteiger partial charge in [0.2, 0.25) is 0 Å². The third-order valence-electron chi connectivity index (χ3n) is 4.75. The standard InChI is InChI=1S/C24H19NO3/c1-16-5-6-19(13-23(16)24(26)27)18-4-2-3-17(11-18)15-28-22-8-7-21-14-25-10-9-20(21)12-22/h2-14H,15H2,1H3,(H,26,27). The molecule has 0 fully saturated rings. The van der Waals surface area contributed by atoms with Crippen molar-refractivity contribution in [3.8, 4) is 16.9 Å². The molecule has 0 saturated carbocycles. The molecule has 0 unspecified atom stereocenters. The largest absolute Gasteiger partial charge is 0.489 e. The molecule has 4 nitrogen and oxygen atoms in total. The van der Waals surface area contributed by atoms with Gasteiger partial charge in [-0.15, -0.1) is 0 Å². The van der Waals surface area contributed by atoms with Crippen LogP contribution in [-0.2, 0) is 6.61 Å². The van der Waals surface area contributed by atoms with Gasteiger partial charge in [0.25, 0.3) is 0 Å². The van der Waals surface area contributed by atoms with Gasteiger partial charge in [-0.2, -0.15) is 0 Å². The van der Waals surface area contributed by atoms with Crippen LogP contribution in [-0.4, -0.2) is 16.1 Å². The van der Waals surface area contributed by atoms with E-state index in [2.05, 4.69) is 4.98 Å². The van der Waals surface area contributed by atoms with Crippen molar-refractivity contribution in [2.75, 3.05) is 0 Å². The maximum atomic E-state index is 11.4. The normalized spacial score (nSPS) is 10.8. The number of pyridine rings is 1. The lowest BCUT2D eigenvalue weighted by atomic mass is 9.98. The van der Waals surface area contributed by atoms with Gasteiger partial charge in [-0.05, 0) is 71.0 Å². The Morgan fingerprint density at radius 1 is 0.964 bits per heavy atom. The van der Waals surface area contributed by atoms with E-state index in [1.165, 1.54) is 0 Å². The predicted molar refractivity (Wildman–Crippen MR) is 110 cm³/mol. The van der Waals surface area contributed by atoms with Crippen molar-refractivity contribution >= 4 is 16.7 Å². The molecule has 138 valence electrons. The Labute approximate surface area is 163 Å². The molecule has 1 aromatic heterocycles. The minimum absolute atomic E-state index is 0.324. The first-order valence-corrected chi connectivity index (χ1v) is 9.00. The first kappa shape index (κ1) is 17.7. The highest BCUT2D eigenvalue weighted by molar-refractivity contribution is 5.91. The summed E-state index contributed by atoms with van der Waals surface area (Å²) < 4.78 is 5.96. The van der Waals surface area contributed by atoms with Crippen molar-refractivity contribution < 1.29 is 14.6 Å². The summed E-state index contributed by atoms with van der Waals surface area (Å²) in [5.41, 5.74) is 3.94. The molecule has 0 bridgehead atoms. The number of fused-ring (bicyclic) bond motifs is 1. The van der Waals surface area contributed by atoms with Gasteiger partial charge in [-0.3, -0.25) is 4.98 Å². The van der Waals surface area contributed by atoms with Gasteiger partial charge < -0.3 is 9.84 Å². The molecule has 1 heterocycles. The molecular weight excluding hydrogens is 350 g/mol. The Balaban J connectivity index is 1.55. The second kappa shape index (κ2) is 7.53. The third-order valence-corrected chi connectivity index (χ3v) is 4.75. The van der Waals surface area contributed by atoms with Crippen molar-refractivity contribution in [3.05, 3.63) is 95.8 Å². The van der Waals surface area contributed by atoms with E-state index < -0.39 is 5.97 Å². The number of benzene rings is 3. The maximum absolute atomic E-state index is 11.4. The van der Waals surface area contributed by atoms with Crippen molar-refractivity contribution in [1.29, 1.82) is 0 Å². The van der Waals surface area contributed by atoms with E-state index in [0.29, 0.717) is 12.2 Å². The van der Waals surface area contributed by atoms with Crippen LogP contribution >= 0.6 is 0 Å². The van der Waals surface area contributed by atoms with E-state index in [9.17, 15) is 9.90 Å². The fraction of sp³-hybridized carbons (Fsp3) is 0.0833. The lowest BCUT2D eigenvalue weighted by Crippen LogP contribution is -2.00. The molecule has 0 saturated heterocycles. The Bertz CT molecular complexity index is 1170. The Kier molecular flexibility index (Phi) is 4.77. The third kappa shape index (κ3) is 3.71. The monoisotopic (exact) mass is 369 g/mol. The summed E-state index contributed by atoms with van der Waals surface area (Å²) in [5.74, 6) is -0.113. The first-order valence-electron chi connectivity index (χ1n) is 9.00. The molecule has 0 aliphatic rings. The summed E-state index contributed by atoms with van der Waals surface area (Å²) in [7, 11) is 0. The van der Waals surface area contributed by atoms with E-state index in [-0.39, 0.29) is 0 Å². The molecule has 4 rings (SSSR count). The number of hydrogen-bond acceptors (Lipinski definition) is 3. The molecule has 0 aliphatic heterocycles. The minimum atomic E-state index is -0.912. The number of aryl methyl sites for hydroxylation is 1. The van der Waals surface area contributed by atoms with E-state index in [0.717, 1.165) is 38.8 Å². The van der Waals surface area contributed by atoms with E-state index in [1.54, 1.807) is 19.2 Å². The highest BCUT2D eigenvalue weighted by atomic mass is 16.5. The summed E-state index contributed by atoms with van der Waals surface area (Å²) in [5, 5.41) is 11.5. The fourth-order valence-electron chi connectivity index (χ4n) is 3.19. The molecule has 0 atom stereocenters. The van der Waals surface area contributed by atoms with Crippen LogP contribution in [0.4, 0.5) is 0 Å². The predicted octanol–water partition coefficient (Wildman–Crippen LogP) is 5.49. The van der Waals surface area contributed by atoms with Crippen molar-refractivity contribution in [2.45, 2.75) is 13.5 Å². The van der Waals surface area contributed by atoms with E-state index >= 15 is 0 Å². The van der Waals surface area contributed by atoms with Gasteiger partial charge in [0, 0.05) is 17.8 Å². The first-order chi connectivity index (χ1) is 13.6. The van der Waals surface area contributed by atoms with Crippen LogP contribution in [0.5, 0.6) is 5.75 Å². The van der Waals surface area contributed by atoms with Crippen LogP contribution < -0.4 is 4.74 Å². The number of ether oxygens (including phenoxy) is 1. The van der Waals surface area contributed by atoms with Crippen LogP contribution in [0.25, 0.3) is 21.9 Å². The molecule has 0 radical (unpaired) electrons. The summed E-state index contributed by atoms with van der Waals surface area (Å²) in [6.07, 6.45) is 3.60. The average molecular weight is 369 g/mol. The number of rotatable bonds is 5. The summed E-state index contributed by atoms with van der Waals surface area (Å²) in [6, 6.07) is 21.4. The van der Waals surface area contributed by atoms with Gasteiger partial charge in [0.15, 0.2) is 0 Å². The van der Waals surface area contributed by atoms with Gasteiger partial charge in [0.05, 0.1) is 5.56 Å². The number of hydrogen-bond donors (Lipinski definition) is 1. The number of aromatic nitrogens is 1. The average Bonchev–Trinajstić information content (AvgIpc) is 2.72. The topological polar surface area (TPSA) is 59.4 Å². The van der Waals surface area contributed by atoms with E-state index in [4.69, 9.17) is 4.74 Å². The Morgan fingerprint density at radius 3 is 2.68 bits per heavy atom. The lowest BCUT2D eigenvalue weighted by molar-refractivity contribution is 0.0696. The van der Waals surface area contributed by atoms with Gasteiger partial charge in [0.1, 0.15) is 12.4 Å². The smallest absolute Gasteiger partial charge is 0.335 e. The molecule has 3 aromatic carbocycles. The SMILES string of the molecule is Cc1ccc(-c2cccc(COc3ccc4cnccc4c3)c2)cc1C(=O)O. The second-order valence-corrected chi connectivity index (χ2v) is 6.71. The van der Waals surface area contributed by atoms with Gasteiger partial charge in [-0.1, -0.05) is 30.3 Å². The zero-order valence-electron chi connectivity index (χ0n) is 15.4. The van der Waals surface area contributed by atoms with Gasteiger partial charge in [-0.25, -0.2) is 4.79 Å². The number of carboxylic acid groups (broad SMARTS) is 1. The molecular formula is C24H19NO3. The van der Waals surface area contributed by atoms with E-state index in [1.807, 2.05) is 66.9 Å². The highest BCUT2D eigenvalue weighted by Gasteiger charge is 2.09. The summed E-state index contributed by atoms with van der Waals surface area (Å²) in [6.45, 7) is 2.24. The maximum Gasteiger partial charge on any atom is 0.335 e. The molecule has 1 N–H and O–H groups in total. The molecule has 4 heteroatoms. The second-order valence-electron chi connectivity index (χ2n) is 6.71. The summed E-state index contributed by atoms with van der Waals surface area (Å²) >= 11 is 0. The van der Waals surface area contributed by atoms with Crippen LogP contribution in [0.3, 0.4) is 0 Å². The van der Waals surface area contributed by atoms with Crippen LogP contribution in [0.1, 0.15) is 21.5 Å². The fourth-order valence-corrected chi connectivity index (χ4v) is 3.19. The number of nitrogens with zero attached hydrogens (tertiary/aromatic N) is 1. The zero-order valence-corrected chi connectivity index (χ0v) is 15.4. The molecule has 0 amide bonds. The molecule has 28 heavy (non-hydrogen) atoms. The van der Waals surface area contributed by atoms with Crippen LogP contribution in [0, 0.1) is 6.92 Å². The Morgan fingerprint density at radius 2 is 1.82 bits per heavy atom. The number of aromatic carboxylic acids is 1.